The smallest absolute Gasteiger partial charge is 0.436 e. The minimum absolute atomic E-state index is 0.0943. The van der Waals surface area contributed by atoms with Crippen molar-refractivity contribution in [2.45, 2.75) is 44.3 Å². The zero-order valence-electron chi connectivity index (χ0n) is 16.8. The summed E-state index contributed by atoms with van der Waals surface area (Å²) in [6.07, 6.45) is -2.69. The molecule has 1 N–H and O–H groups in total. The molecular formula is C20H23ClF3N3O3. The van der Waals surface area contributed by atoms with Gasteiger partial charge in [-0.15, -0.1) is 0 Å². The van der Waals surface area contributed by atoms with Gasteiger partial charge in [0.2, 0.25) is 5.91 Å². The second-order valence-electron chi connectivity index (χ2n) is 7.17. The van der Waals surface area contributed by atoms with Crippen LogP contribution in [-0.4, -0.2) is 36.5 Å². The minimum atomic E-state index is -4.67. The SMILES string of the molecule is COc1ccc(CCNC(=O)C(C)n2nc(C(F)(F)F)c(Cl)c2C2CC2)cc1OC. The first-order valence-electron chi connectivity index (χ1n) is 9.51. The summed E-state index contributed by atoms with van der Waals surface area (Å²) < 4.78 is 51.2. The fourth-order valence-corrected chi connectivity index (χ4v) is 3.64. The largest absolute Gasteiger partial charge is 0.493 e. The number of halogens is 4. The summed E-state index contributed by atoms with van der Waals surface area (Å²) in [5.74, 6) is 0.658. The molecule has 1 aromatic carbocycles. The molecule has 3 rings (SSSR count). The molecule has 1 aromatic heterocycles. The van der Waals surface area contributed by atoms with E-state index in [1.807, 2.05) is 12.1 Å². The highest BCUT2D eigenvalue weighted by atomic mass is 35.5. The number of hydrogen-bond acceptors (Lipinski definition) is 4. The van der Waals surface area contributed by atoms with Crippen LogP contribution in [0.25, 0.3) is 0 Å². The number of aromatic nitrogens is 2. The Kier molecular flexibility index (Phi) is 6.50. The van der Waals surface area contributed by atoms with Crippen LogP contribution in [0.3, 0.4) is 0 Å². The molecule has 2 aromatic rings. The molecule has 1 fully saturated rings. The lowest BCUT2D eigenvalue weighted by Crippen LogP contribution is -2.33. The van der Waals surface area contributed by atoms with Gasteiger partial charge in [-0.05, 0) is 43.9 Å². The van der Waals surface area contributed by atoms with Gasteiger partial charge in [-0.1, -0.05) is 17.7 Å². The first kappa shape index (κ1) is 22.3. The number of methoxy groups -OCH3 is 2. The highest BCUT2D eigenvalue weighted by Crippen LogP contribution is 2.47. The molecule has 10 heteroatoms. The van der Waals surface area contributed by atoms with E-state index in [9.17, 15) is 18.0 Å². The van der Waals surface area contributed by atoms with Gasteiger partial charge < -0.3 is 14.8 Å². The van der Waals surface area contributed by atoms with E-state index in [1.54, 1.807) is 13.2 Å². The normalized spacial score (nSPS) is 15.0. The predicted octanol–water partition coefficient (Wildman–Crippen LogP) is 4.37. The molecule has 0 saturated heterocycles. The summed E-state index contributed by atoms with van der Waals surface area (Å²) in [6, 6.07) is 4.51. The second-order valence-corrected chi connectivity index (χ2v) is 7.55. The Balaban J connectivity index is 1.68. The van der Waals surface area contributed by atoms with Crippen molar-refractivity contribution in [1.82, 2.24) is 15.1 Å². The summed E-state index contributed by atoms with van der Waals surface area (Å²) in [4.78, 5) is 12.6. The van der Waals surface area contributed by atoms with Crippen molar-refractivity contribution < 1.29 is 27.4 Å². The molecule has 1 heterocycles. The third-order valence-corrected chi connectivity index (χ3v) is 5.40. The summed E-state index contributed by atoms with van der Waals surface area (Å²) in [5, 5.41) is 5.99. The Morgan fingerprint density at radius 2 is 1.97 bits per heavy atom. The Bertz CT molecular complexity index is 926. The standard InChI is InChI=1S/C20H23ClF3N3O3/c1-11(27-17(13-5-6-13)16(21)18(26-27)20(22,23)24)19(28)25-9-8-12-4-7-14(29-2)15(10-12)30-3/h4,7,10-11,13H,5-6,8-9H2,1-3H3,(H,25,28). The van der Waals surface area contributed by atoms with Crippen molar-refractivity contribution in [3.05, 3.63) is 40.2 Å². The predicted molar refractivity (Wildman–Crippen MR) is 105 cm³/mol. The molecule has 0 bridgehead atoms. The minimum Gasteiger partial charge on any atom is -0.493 e. The van der Waals surface area contributed by atoms with E-state index in [1.165, 1.54) is 14.0 Å². The van der Waals surface area contributed by atoms with Crippen LogP contribution in [0, 0.1) is 0 Å². The summed E-state index contributed by atoms with van der Waals surface area (Å²) in [5.41, 5.74) is 0.0586. The van der Waals surface area contributed by atoms with Crippen LogP contribution in [0.5, 0.6) is 11.5 Å². The van der Waals surface area contributed by atoms with Gasteiger partial charge in [-0.25, -0.2) is 0 Å². The number of ether oxygens (including phenoxy) is 2. The lowest BCUT2D eigenvalue weighted by atomic mass is 10.1. The molecule has 0 spiro atoms. The number of carbonyl (C=O) groups is 1. The number of hydrogen-bond donors (Lipinski definition) is 1. The number of alkyl halides is 3. The zero-order valence-corrected chi connectivity index (χ0v) is 17.6. The van der Waals surface area contributed by atoms with Gasteiger partial charge in [0.15, 0.2) is 17.2 Å². The molecule has 0 radical (unpaired) electrons. The molecular weight excluding hydrogens is 423 g/mol. The quantitative estimate of drug-likeness (QED) is 0.655. The average molecular weight is 446 g/mol. The summed E-state index contributed by atoms with van der Waals surface area (Å²) in [6.45, 7) is 1.82. The Hall–Kier alpha value is -2.42. The van der Waals surface area contributed by atoms with E-state index in [0.29, 0.717) is 24.5 Å². The van der Waals surface area contributed by atoms with E-state index in [-0.39, 0.29) is 11.6 Å². The monoisotopic (exact) mass is 445 g/mol. The number of benzene rings is 1. The second kappa shape index (κ2) is 8.75. The highest BCUT2D eigenvalue weighted by molar-refractivity contribution is 6.32. The maximum Gasteiger partial charge on any atom is 0.436 e. The highest BCUT2D eigenvalue weighted by Gasteiger charge is 2.43. The van der Waals surface area contributed by atoms with E-state index >= 15 is 0 Å². The van der Waals surface area contributed by atoms with E-state index < -0.39 is 28.8 Å². The third kappa shape index (κ3) is 4.66. The molecule has 1 unspecified atom stereocenters. The molecule has 164 valence electrons. The molecule has 30 heavy (non-hydrogen) atoms. The van der Waals surface area contributed by atoms with Crippen LogP contribution in [0.1, 0.15) is 48.7 Å². The lowest BCUT2D eigenvalue weighted by Gasteiger charge is -2.16. The van der Waals surface area contributed by atoms with Gasteiger partial charge in [0, 0.05) is 12.5 Å². The topological polar surface area (TPSA) is 65.4 Å². The average Bonchev–Trinajstić information content (AvgIpc) is 3.48. The first-order valence-corrected chi connectivity index (χ1v) is 9.88. The fourth-order valence-electron chi connectivity index (χ4n) is 3.25. The maximum absolute atomic E-state index is 13.2. The van der Waals surface area contributed by atoms with E-state index in [0.717, 1.165) is 23.1 Å². The van der Waals surface area contributed by atoms with Gasteiger partial charge in [0.05, 0.1) is 24.9 Å². The number of rotatable bonds is 8. The van der Waals surface area contributed by atoms with E-state index in [2.05, 4.69) is 10.4 Å². The molecule has 6 nitrogen and oxygen atoms in total. The molecule has 1 aliphatic carbocycles. The van der Waals surface area contributed by atoms with Crippen LogP contribution in [-0.2, 0) is 17.4 Å². The van der Waals surface area contributed by atoms with Crippen LogP contribution in [0.4, 0.5) is 13.2 Å². The maximum atomic E-state index is 13.2. The number of carbonyl (C=O) groups excluding carboxylic acids is 1. The van der Waals surface area contributed by atoms with Gasteiger partial charge in [0.25, 0.3) is 0 Å². The van der Waals surface area contributed by atoms with Crippen LogP contribution in [0.2, 0.25) is 5.02 Å². The third-order valence-electron chi connectivity index (χ3n) is 5.03. The molecule has 0 aliphatic heterocycles. The molecule has 1 aliphatic rings. The number of amides is 1. The van der Waals surface area contributed by atoms with Crippen molar-refractivity contribution in [3.63, 3.8) is 0 Å². The van der Waals surface area contributed by atoms with Crippen molar-refractivity contribution in [2.24, 2.45) is 0 Å². The van der Waals surface area contributed by atoms with Crippen LogP contribution < -0.4 is 14.8 Å². The first-order chi connectivity index (χ1) is 14.2. The molecule has 1 amide bonds. The van der Waals surface area contributed by atoms with Crippen LogP contribution in [0.15, 0.2) is 18.2 Å². The molecule has 1 atom stereocenters. The van der Waals surface area contributed by atoms with Gasteiger partial charge in [-0.2, -0.15) is 18.3 Å². The van der Waals surface area contributed by atoms with Gasteiger partial charge in [0.1, 0.15) is 6.04 Å². The Morgan fingerprint density at radius 3 is 2.53 bits per heavy atom. The summed E-state index contributed by atoms with van der Waals surface area (Å²) in [7, 11) is 3.08. The molecule has 1 saturated carbocycles. The Labute approximate surface area is 177 Å². The van der Waals surface area contributed by atoms with Crippen molar-refractivity contribution in [2.75, 3.05) is 20.8 Å². The zero-order chi connectivity index (χ0) is 22.1. The van der Waals surface area contributed by atoms with Gasteiger partial charge in [-0.3, -0.25) is 9.48 Å². The van der Waals surface area contributed by atoms with Crippen LogP contribution >= 0.6 is 11.6 Å². The number of nitrogens with one attached hydrogen (secondary N) is 1. The Morgan fingerprint density at radius 1 is 1.30 bits per heavy atom. The lowest BCUT2D eigenvalue weighted by molar-refractivity contribution is -0.141. The van der Waals surface area contributed by atoms with Crippen molar-refractivity contribution in [1.29, 1.82) is 0 Å². The fraction of sp³-hybridized carbons (Fsp3) is 0.500. The van der Waals surface area contributed by atoms with Gasteiger partial charge >= 0.3 is 6.18 Å². The van der Waals surface area contributed by atoms with E-state index in [4.69, 9.17) is 21.1 Å². The number of nitrogens with zero attached hydrogens (tertiary/aromatic N) is 2. The van der Waals surface area contributed by atoms with Crippen molar-refractivity contribution in [3.8, 4) is 11.5 Å². The summed E-state index contributed by atoms with van der Waals surface area (Å²) >= 11 is 5.98. The van der Waals surface area contributed by atoms with Crippen molar-refractivity contribution >= 4 is 17.5 Å².